The molecule has 0 radical (unpaired) electrons. The van der Waals surface area contributed by atoms with E-state index in [0.29, 0.717) is 17.9 Å². The van der Waals surface area contributed by atoms with E-state index < -0.39 is 0 Å². The Balaban J connectivity index is 1.32. The van der Waals surface area contributed by atoms with Crippen molar-refractivity contribution in [1.82, 2.24) is 19.7 Å². The topological polar surface area (TPSA) is 108 Å². The molecule has 0 amide bonds. The number of thioether (sulfide) groups is 1. The molecule has 1 saturated heterocycles. The van der Waals surface area contributed by atoms with Gasteiger partial charge in [-0.25, -0.2) is 0 Å². The van der Waals surface area contributed by atoms with Gasteiger partial charge in [0.2, 0.25) is 11.9 Å². The van der Waals surface area contributed by atoms with Crippen LogP contribution in [0.15, 0.2) is 48.5 Å². The molecular formula is C24H30N6O3S. The molecule has 0 saturated carbocycles. The Morgan fingerprint density at radius 2 is 1.76 bits per heavy atom. The fourth-order valence-electron chi connectivity index (χ4n) is 3.48. The van der Waals surface area contributed by atoms with Crippen molar-refractivity contribution in [3.63, 3.8) is 0 Å². The van der Waals surface area contributed by atoms with Crippen LogP contribution in [0.4, 0.5) is 17.6 Å². The molecule has 2 heterocycles. The third kappa shape index (κ3) is 6.42. The van der Waals surface area contributed by atoms with E-state index in [1.54, 1.807) is 24.3 Å². The standard InChI is InChI=1S/C24H30N6O3S/c1-17(2)33-21-7-3-18(4-8-21)22(31)30-23(25)27-24(28-30)26-19-5-9-20(10-6-19)32-14-11-29-12-15-34-16-13-29/h3-10,17H,11-16H2,1-2H3,(H3,25,26,27,28). The second-order valence-corrected chi connectivity index (χ2v) is 9.38. The fraction of sp³-hybridized carbons (Fsp3) is 0.375. The van der Waals surface area contributed by atoms with Crippen LogP contribution in [0.1, 0.15) is 24.2 Å². The van der Waals surface area contributed by atoms with E-state index in [0.717, 1.165) is 35.8 Å². The molecule has 3 aromatic rings. The van der Waals surface area contributed by atoms with Crippen molar-refractivity contribution in [3.8, 4) is 11.5 Å². The summed E-state index contributed by atoms with van der Waals surface area (Å²) in [4.78, 5) is 19.4. The number of carbonyl (C=O) groups is 1. The van der Waals surface area contributed by atoms with E-state index in [1.165, 1.54) is 11.5 Å². The molecule has 9 nitrogen and oxygen atoms in total. The molecule has 34 heavy (non-hydrogen) atoms. The molecule has 1 fully saturated rings. The lowest BCUT2D eigenvalue weighted by atomic mass is 10.2. The molecule has 3 N–H and O–H groups in total. The highest BCUT2D eigenvalue weighted by molar-refractivity contribution is 7.99. The van der Waals surface area contributed by atoms with Gasteiger partial charge in [-0.1, -0.05) is 0 Å². The third-order valence-corrected chi connectivity index (χ3v) is 6.13. The van der Waals surface area contributed by atoms with Gasteiger partial charge < -0.3 is 20.5 Å². The molecule has 0 bridgehead atoms. The first-order chi connectivity index (χ1) is 16.5. The largest absolute Gasteiger partial charge is 0.492 e. The Labute approximate surface area is 203 Å². The van der Waals surface area contributed by atoms with Gasteiger partial charge in [-0.05, 0) is 62.4 Å². The minimum atomic E-state index is -0.370. The van der Waals surface area contributed by atoms with Gasteiger partial charge >= 0.3 is 0 Å². The Morgan fingerprint density at radius 1 is 1.09 bits per heavy atom. The molecule has 180 valence electrons. The summed E-state index contributed by atoms with van der Waals surface area (Å²) in [5.41, 5.74) is 7.15. The van der Waals surface area contributed by atoms with Gasteiger partial charge in [0.25, 0.3) is 5.91 Å². The molecular weight excluding hydrogens is 452 g/mol. The first kappa shape index (κ1) is 23.9. The fourth-order valence-corrected chi connectivity index (χ4v) is 4.46. The predicted octanol–water partition coefficient (Wildman–Crippen LogP) is 3.51. The maximum Gasteiger partial charge on any atom is 0.281 e. The minimum Gasteiger partial charge on any atom is -0.492 e. The van der Waals surface area contributed by atoms with Crippen LogP contribution in [0.3, 0.4) is 0 Å². The number of benzene rings is 2. The maximum absolute atomic E-state index is 12.8. The molecule has 0 atom stereocenters. The summed E-state index contributed by atoms with van der Waals surface area (Å²) in [5, 5.41) is 7.30. The van der Waals surface area contributed by atoms with Crippen molar-refractivity contribution in [3.05, 3.63) is 54.1 Å². The first-order valence-electron chi connectivity index (χ1n) is 11.3. The van der Waals surface area contributed by atoms with Gasteiger partial charge in [0.1, 0.15) is 18.1 Å². The minimum absolute atomic E-state index is 0.00562. The smallest absolute Gasteiger partial charge is 0.281 e. The lowest BCUT2D eigenvalue weighted by molar-refractivity contribution is 0.0948. The average Bonchev–Trinajstić information content (AvgIpc) is 3.20. The second kappa shape index (κ2) is 11.3. The number of nitrogens with one attached hydrogen (secondary N) is 1. The Kier molecular flexibility index (Phi) is 7.91. The molecule has 1 aromatic heterocycles. The molecule has 1 aliphatic rings. The zero-order valence-corrected chi connectivity index (χ0v) is 20.3. The number of aromatic nitrogens is 3. The second-order valence-electron chi connectivity index (χ2n) is 8.15. The molecule has 0 unspecified atom stereocenters. The monoisotopic (exact) mass is 482 g/mol. The van der Waals surface area contributed by atoms with Crippen molar-refractivity contribution >= 4 is 35.3 Å². The van der Waals surface area contributed by atoms with E-state index in [9.17, 15) is 4.79 Å². The van der Waals surface area contributed by atoms with Crippen molar-refractivity contribution in [1.29, 1.82) is 0 Å². The Bertz CT molecular complexity index is 1080. The van der Waals surface area contributed by atoms with Gasteiger partial charge in [-0.3, -0.25) is 9.69 Å². The highest BCUT2D eigenvalue weighted by Crippen LogP contribution is 2.20. The lowest BCUT2D eigenvalue weighted by Crippen LogP contribution is -2.35. The summed E-state index contributed by atoms with van der Waals surface area (Å²) in [6, 6.07) is 14.4. The Hall–Kier alpha value is -3.24. The predicted molar refractivity (Wildman–Crippen MR) is 135 cm³/mol. The normalized spacial score (nSPS) is 14.2. The molecule has 10 heteroatoms. The van der Waals surface area contributed by atoms with Crippen LogP contribution in [0.25, 0.3) is 0 Å². The first-order valence-corrected chi connectivity index (χ1v) is 12.5. The summed E-state index contributed by atoms with van der Waals surface area (Å²) in [6.07, 6.45) is 0.0561. The van der Waals surface area contributed by atoms with Gasteiger partial charge in [0.05, 0.1) is 6.10 Å². The van der Waals surface area contributed by atoms with Crippen LogP contribution in [0.2, 0.25) is 0 Å². The van der Waals surface area contributed by atoms with E-state index in [-0.39, 0.29) is 23.9 Å². The van der Waals surface area contributed by atoms with Gasteiger partial charge in [-0.15, -0.1) is 5.10 Å². The van der Waals surface area contributed by atoms with E-state index in [4.69, 9.17) is 15.2 Å². The van der Waals surface area contributed by atoms with Crippen molar-refractivity contribution in [2.75, 3.05) is 48.8 Å². The van der Waals surface area contributed by atoms with E-state index in [2.05, 4.69) is 20.3 Å². The van der Waals surface area contributed by atoms with Crippen LogP contribution in [-0.4, -0.2) is 69.4 Å². The Morgan fingerprint density at radius 3 is 2.44 bits per heavy atom. The number of hydrogen-bond acceptors (Lipinski definition) is 9. The average molecular weight is 483 g/mol. The SMILES string of the molecule is CC(C)Oc1ccc(C(=O)n2nc(Nc3ccc(OCCN4CCSCC4)cc3)nc2N)cc1. The zero-order valence-electron chi connectivity index (χ0n) is 19.4. The number of anilines is 3. The maximum atomic E-state index is 12.8. The van der Waals surface area contributed by atoms with Crippen LogP contribution in [-0.2, 0) is 0 Å². The molecule has 0 aliphatic carbocycles. The van der Waals surface area contributed by atoms with Crippen LogP contribution in [0.5, 0.6) is 11.5 Å². The van der Waals surface area contributed by atoms with Crippen molar-refractivity contribution in [2.24, 2.45) is 0 Å². The number of rotatable bonds is 9. The van der Waals surface area contributed by atoms with E-state index >= 15 is 0 Å². The van der Waals surface area contributed by atoms with Crippen LogP contribution in [0, 0.1) is 0 Å². The molecule has 0 spiro atoms. The summed E-state index contributed by atoms with van der Waals surface area (Å²) in [6.45, 7) is 7.73. The lowest BCUT2D eigenvalue weighted by Gasteiger charge is -2.25. The summed E-state index contributed by atoms with van der Waals surface area (Å²) in [5.74, 6) is 3.76. The number of hydrogen-bond donors (Lipinski definition) is 2. The molecule has 4 rings (SSSR count). The highest BCUT2D eigenvalue weighted by atomic mass is 32.2. The zero-order chi connectivity index (χ0) is 23.9. The third-order valence-electron chi connectivity index (χ3n) is 5.19. The van der Waals surface area contributed by atoms with E-state index in [1.807, 2.05) is 49.9 Å². The summed E-state index contributed by atoms with van der Waals surface area (Å²) < 4.78 is 12.6. The summed E-state index contributed by atoms with van der Waals surface area (Å²) in [7, 11) is 0. The van der Waals surface area contributed by atoms with Gasteiger partial charge in [-0.2, -0.15) is 21.4 Å². The summed E-state index contributed by atoms with van der Waals surface area (Å²) >= 11 is 2.00. The molecule has 1 aliphatic heterocycles. The van der Waals surface area contributed by atoms with Gasteiger partial charge in [0, 0.05) is 42.4 Å². The van der Waals surface area contributed by atoms with Crippen LogP contribution >= 0.6 is 11.8 Å². The van der Waals surface area contributed by atoms with Gasteiger partial charge in [0.15, 0.2) is 0 Å². The van der Waals surface area contributed by atoms with Crippen LogP contribution < -0.4 is 20.5 Å². The quantitative estimate of drug-likeness (QED) is 0.474. The highest BCUT2D eigenvalue weighted by Gasteiger charge is 2.16. The van der Waals surface area contributed by atoms with Crippen molar-refractivity contribution < 1.29 is 14.3 Å². The number of ether oxygens (including phenoxy) is 2. The number of nitrogens with zero attached hydrogens (tertiary/aromatic N) is 4. The van der Waals surface area contributed by atoms with Crippen molar-refractivity contribution in [2.45, 2.75) is 20.0 Å². The number of carbonyl (C=O) groups excluding carboxylic acids is 1. The number of nitrogen functional groups attached to an aromatic ring is 1. The molecule has 2 aromatic carbocycles. The number of nitrogens with two attached hydrogens (primary N) is 1.